The molecule has 1 aliphatic carbocycles. The number of carbonyl (C=O) groups excluding carboxylic acids is 4. The number of nitrogens with zero attached hydrogens (tertiary/aromatic N) is 4. The molecule has 0 aromatic heterocycles. The van der Waals surface area contributed by atoms with Crippen LogP contribution in [0.25, 0.3) is 0 Å². The van der Waals surface area contributed by atoms with Crippen LogP contribution < -0.4 is 137 Å². The van der Waals surface area contributed by atoms with Gasteiger partial charge in [0.25, 0.3) is 23.6 Å². The largest absolute Gasteiger partial charge is 1.00 e. The van der Waals surface area contributed by atoms with Gasteiger partial charge in [-0.05, 0) is 48.5 Å². The summed E-state index contributed by atoms with van der Waals surface area (Å²) in [4.78, 5) is 52.9. The van der Waals surface area contributed by atoms with Gasteiger partial charge < -0.3 is 56.8 Å². The monoisotopic (exact) mass is 1170 g/mol. The van der Waals surface area contributed by atoms with Crippen molar-refractivity contribution in [3.63, 3.8) is 0 Å². The molecular formula is C44H48N4Na4O20S4. The number of fused-ring (bicyclic) bond motifs is 8. The molecule has 0 heterocycles. The molecular weight excluding hydrogens is 1120 g/mol. The van der Waals surface area contributed by atoms with E-state index in [1.54, 1.807) is 0 Å². The van der Waals surface area contributed by atoms with Crippen LogP contribution in [0.5, 0.6) is 23.0 Å². The van der Waals surface area contributed by atoms with E-state index in [-0.39, 0.29) is 186 Å². The third kappa shape index (κ3) is 18.8. The van der Waals surface area contributed by atoms with Gasteiger partial charge in [-0.2, -0.15) is 0 Å². The van der Waals surface area contributed by atoms with Crippen molar-refractivity contribution in [3.8, 4) is 23.0 Å². The molecule has 4 aromatic carbocycles. The van der Waals surface area contributed by atoms with Gasteiger partial charge in [-0.25, -0.2) is 33.7 Å². The summed E-state index contributed by atoms with van der Waals surface area (Å²) in [6.45, 7) is -3.18. The second kappa shape index (κ2) is 28.8. The van der Waals surface area contributed by atoms with E-state index in [4.69, 9.17) is 18.9 Å². The zero-order valence-electron chi connectivity index (χ0n) is 43.9. The van der Waals surface area contributed by atoms with Crippen LogP contribution in [0.2, 0.25) is 0 Å². The first-order valence-corrected chi connectivity index (χ1v) is 26.6. The first-order valence-electron chi connectivity index (χ1n) is 20.9. The number of ether oxygens (including phenoxy) is 4. The SMILES string of the molecule is CN(C)C(=O)COc1c2cc(S(=O)(=O)[O-])cc1Cc1cc(S(=O)(=O)[O-])cc(c1OCC(=O)N(C)C)Cc1cc(S(=O)(=O)[O-])cc(c1OCC(=O)N(C)C)Cc1cc(S(=O)(=O)[O-])cc(c1OCC(=O)N(C)C)C2.[Na+].[Na+].[Na+].[Na+]. The first-order chi connectivity index (χ1) is 33.1. The zero-order valence-corrected chi connectivity index (χ0v) is 55.1. The van der Waals surface area contributed by atoms with Crippen molar-refractivity contribution in [2.24, 2.45) is 0 Å². The Kier molecular flexibility index (Phi) is 27.2. The van der Waals surface area contributed by atoms with Gasteiger partial charge in [-0.1, -0.05) is 0 Å². The van der Waals surface area contributed by atoms with E-state index in [1.807, 2.05) is 0 Å². The Labute approximate surface area is 529 Å². The zero-order chi connectivity index (χ0) is 54.0. The van der Waals surface area contributed by atoms with Crippen molar-refractivity contribution in [2.75, 3.05) is 82.8 Å². The van der Waals surface area contributed by atoms with Gasteiger partial charge in [0.2, 0.25) is 0 Å². The van der Waals surface area contributed by atoms with Crippen molar-refractivity contribution in [1.82, 2.24) is 19.6 Å². The molecule has 0 saturated heterocycles. The second-order valence-corrected chi connectivity index (χ2v) is 22.6. The van der Waals surface area contributed by atoms with Gasteiger partial charge in [0.1, 0.15) is 63.5 Å². The number of rotatable bonds is 16. The number of hydrogen-bond donors (Lipinski definition) is 0. The average Bonchev–Trinajstić information content (AvgIpc) is 3.25. The minimum Gasteiger partial charge on any atom is -0.744 e. The van der Waals surface area contributed by atoms with Crippen LogP contribution in [0.1, 0.15) is 44.5 Å². The van der Waals surface area contributed by atoms with Crippen molar-refractivity contribution in [1.29, 1.82) is 0 Å². The van der Waals surface area contributed by atoms with Gasteiger partial charge in [0, 0.05) is 127 Å². The number of hydrogen-bond acceptors (Lipinski definition) is 20. The normalized spacial score (nSPS) is 12.2. The summed E-state index contributed by atoms with van der Waals surface area (Å²) in [6, 6.07) is 6.42. The smallest absolute Gasteiger partial charge is 0.744 e. The Balaban J connectivity index is 0.00000722. The molecule has 4 aromatic rings. The molecule has 0 radical (unpaired) electrons. The minimum atomic E-state index is -5.48. The Morgan fingerprint density at radius 2 is 0.474 bits per heavy atom. The molecule has 24 nitrogen and oxygen atoms in total. The summed E-state index contributed by atoms with van der Waals surface area (Å²) in [7, 11) is -11.0. The van der Waals surface area contributed by atoms with E-state index >= 15 is 0 Å². The van der Waals surface area contributed by atoms with Crippen LogP contribution >= 0.6 is 0 Å². The van der Waals surface area contributed by atoms with Gasteiger partial charge >= 0.3 is 118 Å². The molecule has 5 rings (SSSR count). The maximum Gasteiger partial charge on any atom is 1.00 e. The second-order valence-electron chi connectivity index (χ2n) is 17.1. The van der Waals surface area contributed by atoms with Crippen LogP contribution in [0.15, 0.2) is 68.1 Å². The third-order valence-electron chi connectivity index (χ3n) is 10.9. The topological polar surface area (TPSA) is 347 Å². The van der Waals surface area contributed by atoms with Gasteiger partial charge in [0.05, 0.1) is 19.6 Å². The number of benzene rings is 4. The molecule has 0 fully saturated rings. The summed E-state index contributed by atoms with van der Waals surface area (Å²) in [6.07, 6.45) is -3.09. The maximum atomic E-state index is 13.1. The van der Waals surface area contributed by atoms with E-state index in [9.17, 15) is 71.1 Å². The molecule has 0 atom stereocenters. The molecule has 32 heteroatoms. The van der Waals surface area contributed by atoms with Crippen LogP contribution in [-0.2, 0) is 85.3 Å². The fraction of sp³-hybridized carbons (Fsp3) is 0.364. The molecule has 76 heavy (non-hydrogen) atoms. The Bertz CT molecular complexity index is 2790. The molecule has 1 aliphatic rings. The van der Waals surface area contributed by atoms with Crippen LogP contribution in [0.3, 0.4) is 0 Å². The van der Waals surface area contributed by atoms with Crippen molar-refractivity contribution in [2.45, 2.75) is 45.3 Å². The van der Waals surface area contributed by atoms with E-state index < -0.39 is 136 Å². The Morgan fingerprint density at radius 1 is 0.342 bits per heavy atom. The first kappa shape index (κ1) is 71.6. The van der Waals surface area contributed by atoms with Crippen molar-refractivity contribution >= 4 is 64.1 Å². The third-order valence-corrected chi connectivity index (χ3v) is 14.2. The molecule has 0 saturated carbocycles. The Hall–Kier alpha value is -2.40. The number of amides is 4. The predicted molar refractivity (Wildman–Crippen MR) is 246 cm³/mol. The van der Waals surface area contributed by atoms with E-state index in [0.717, 1.165) is 68.1 Å². The van der Waals surface area contributed by atoms with E-state index in [2.05, 4.69) is 0 Å². The van der Waals surface area contributed by atoms with Crippen LogP contribution in [-0.4, -0.2) is 178 Å². The van der Waals surface area contributed by atoms with E-state index in [0.29, 0.717) is 0 Å². The van der Waals surface area contributed by atoms with Crippen molar-refractivity contribution in [3.05, 3.63) is 93.0 Å². The van der Waals surface area contributed by atoms with Crippen molar-refractivity contribution < 1.29 is 208 Å². The fourth-order valence-electron chi connectivity index (χ4n) is 7.13. The van der Waals surface area contributed by atoms with Crippen LogP contribution in [0.4, 0.5) is 0 Å². The fourth-order valence-corrected chi connectivity index (χ4v) is 9.42. The van der Waals surface area contributed by atoms with Gasteiger partial charge in [-0.3, -0.25) is 19.2 Å². The Morgan fingerprint density at radius 3 is 0.579 bits per heavy atom. The summed E-state index contributed by atoms with van der Waals surface area (Å²) in [5, 5.41) is 0. The minimum absolute atomic E-state index is 0. The quantitative estimate of drug-likeness (QED) is 0.0654. The van der Waals surface area contributed by atoms with Crippen LogP contribution in [0, 0.1) is 0 Å². The molecule has 0 unspecified atom stereocenters. The molecule has 0 spiro atoms. The summed E-state index contributed by atoms with van der Waals surface area (Å²) in [5.74, 6) is -4.27. The molecule has 8 bridgehead atoms. The molecule has 4 amide bonds. The molecule has 0 aliphatic heterocycles. The molecule has 0 N–H and O–H groups in total. The van der Waals surface area contributed by atoms with Gasteiger partial charge in [-0.15, -0.1) is 0 Å². The van der Waals surface area contributed by atoms with E-state index in [1.165, 1.54) is 56.4 Å². The summed E-state index contributed by atoms with van der Waals surface area (Å²) < 4.78 is 180. The summed E-state index contributed by atoms with van der Waals surface area (Å²) >= 11 is 0. The number of carbonyl (C=O) groups is 4. The van der Waals surface area contributed by atoms with Gasteiger partial charge in [0.15, 0.2) is 26.4 Å². The summed E-state index contributed by atoms with van der Waals surface area (Å²) in [5.41, 5.74) is -2.65. The molecule has 392 valence electrons. The number of likely N-dealkylation sites (N-methyl/N-ethyl adjacent to an activating group) is 4. The standard InChI is InChI=1S/C44H52N4O20S4.4Na/c1-45(2)37(49)21-65-41-25-9-27-15-34(70(56,57)58)17-29(42(27)66-22-38(50)46(3)4)11-31-19-36(72(62,63)64)20-32(44(31)68-24-40(52)48(7)8)12-30-18-35(71(59,60)61)16-28(43(30)67-23-39(51)47(5)6)10-26(41)14-33(13-25)69(53,54)55;;;;/h13-20H,9-12,21-24H2,1-8H3,(H,53,54,55)(H,56,57,58)(H,59,60,61)(H,62,63,64);;;;/q;4*+1/p-4. The maximum absolute atomic E-state index is 13.1. The predicted octanol–water partition coefficient (Wildman–Crippen LogP) is -12.1. The average molecular weight is 1170 g/mol.